The van der Waals surface area contributed by atoms with E-state index in [2.05, 4.69) is 15.3 Å². The van der Waals surface area contributed by atoms with E-state index < -0.39 is 0 Å². The number of nitrogens with zero attached hydrogens (tertiary/aromatic N) is 1. The normalized spacial score (nSPS) is 10.6. The van der Waals surface area contributed by atoms with Crippen molar-refractivity contribution in [2.24, 2.45) is 0 Å². The predicted octanol–water partition coefficient (Wildman–Crippen LogP) is 2.82. The van der Waals surface area contributed by atoms with Gasteiger partial charge in [0, 0.05) is 6.54 Å². The highest BCUT2D eigenvalue weighted by Crippen LogP contribution is 2.28. The number of hydrogen-bond donors (Lipinski definition) is 2. The number of benzene rings is 2. The van der Waals surface area contributed by atoms with E-state index in [4.69, 9.17) is 9.47 Å². The Hall–Kier alpha value is -3.02. The van der Waals surface area contributed by atoms with Gasteiger partial charge in [-0.1, -0.05) is 12.1 Å². The van der Waals surface area contributed by atoms with E-state index in [1.807, 2.05) is 25.1 Å². The first-order valence-corrected chi connectivity index (χ1v) is 7.57. The Balaban J connectivity index is 1.79. The van der Waals surface area contributed by atoms with E-state index in [1.54, 1.807) is 18.2 Å². The van der Waals surface area contributed by atoms with E-state index in [0.29, 0.717) is 23.6 Å². The van der Waals surface area contributed by atoms with Crippen LogP contribution in [-0.2, 0) is 6.54 Å². The topological polar surface area (TPSA) is 76.2 Å². The first-order chi connectivity index (χ1) is 11.6. The second kappa shape index (κ2) is 6.62. The molecule has 6 nitrogen and oxygen atoms in total. The third-order valence-corrected chi connectivity index (χ3v) is 3.77. The molecule has 0 saturated heterocycles. The summed E-state index contributed by atoms with van der Waals surface area (Å²) in [6.07, 6.45) is 0. The highest BCUT2D eigenvalue weighted by Gasteiger charge is 2.17. The lowest BCUT2D eigenvalue weighted by Crippen LogP contribution is -2.24. The van der Waals surface area contributed by atoms with Gasteiger partial charge in [-0.25, -0.2) is 4.98 Å². The molecule has 0 atom stereocenters. The number of aryl methyl sites for hydroxylation is 1. The maximum Gasteiger partial charge on any atom is 0.259 e. The minimum atomic E-state index is -0.245. The number of nitrogens with one attached hydrogen (secondary N) is 2. The van der Waals surface area contributed by atoms with Gasteiger partial charge in [0.1, 0.15) is 22.9 Å². The zero-order valence-corrected chi connectivity index (χ0v) is 13.8. The van der Waals surface area contributed by atoms with Gasteiger partial charge < -0.3 is 19.8 Å². The molecular weight excluding hydrogens is 306 g/mol. The molecule has 0 radical (unpaired) electrons. The molecule has 0 fully saturated rings. The van der Waals surface area contributed by atoms with Crippen molar-refractivity contribution in [1.29, 1.82) is 0 Å². The van der Waals surface area contributed by atoms with Crippen LogP contribution in [0.3, 0.4) is 0 Å². The summed E-state index contributed by atoms with van der Waals surface area (Å²) in [4.78, 5) is 20.1. The van der Waals surface area contributed by atoms with Gasteiger partial charge in [-0.05, 0) is 36.8 Å². The molecule has 0 spiro atoms. The van der Waals surface area contributed by atoms with Crippen molar-refractivity contribution in [3.05, 3.63) is 53.3 Å². The summed E-state index contributed by atoms with van der Waals surface area (Å²) in [7, 11) is 3.06. The molecule has 1 heterocycles. The molecular formula is C18H19N3O3. The van der Waals surface area contributed by atoms with Crippen molar-refractivity contribution in [2.75, 3.05) is 14.2 Å². The lowest BCUT2D eigenvalue weighted by molar-refractivity contribution is 0.0944. The molecule has 24 heavy (non-hydrogen) atoms. The molecule has 0 aliphatic rings. The first-order valence-electron chi connectivity index (χ1n) is 7.57. The molecule has 0 aliphatic heterocycles. The molecule has 0 saturated carbocycles. The quantitative estimate of drug-likeness (QED) is 0.756. The van der Waals surface area contributed by atoms with Crippen LogP contribution in [0.15, 0.2) is 36.4 Å². The molecule has 1 aromatic heterocycles. The maximum atomic E-state index is 12.6. The van der Waals surface area contributed by atoms with Crippen molar-refractivity contribution < 1.29 is 14.3 Å². The number of imidazole rings is 1. The smallest absolute Gasteiger partial charge is 0.259 e. The van der Waals surface area contributed by atoms with E-state index in [0.717, 1.165) is 22.4 Å². The van der Waals surface area contributed by atoms with Gasteiger partial charge in [0.25, 0.3) is 5.91 Å². The van der Waals surface area contributed by atoms with Crippen LogP contribution in [0, 0.1) is 6.92 Å². The Kier molecular flexibility index (Phi) is 4.37. The largest absolute Gasteiger partial charge is 0.496 e. The number of amides is 1. The number of fused-ring (bicyclic) bond motifs is 1. The number of aromatic nitrogens is 2. The number of hydrogen-bond acceptors (Lipinski definition) is 4. The summed E-state index contributed by atoms with van der Waals surface area (Å²) in [6.45, 7) is 2.31. The molecule has 2 N–H and O–H groups in total. The molecule has 0 unspecified atom stereocenters. The van der Waals surface area contributed by atoms with Gasteiger partial charge in [-0.3, -0.25) is 4.79 Å². The SMILES string of the molecule is COc1cccc(OC)c1C(=O)NCc1ccc2nc(C)[nH]c2c1. The average Bonchev–Trinajstić information content (AvgIpc) is 2.97. The second-order valence-corrected chi connectivity index (χ2v) is 5.39. The molecule has 3 aromatic rings. The van der Waals surface area contributed by atoms with Crippen LogP contribution < -0.4 is 14.8 Å². The molecule has 3 rings (SSSR count). The zero-order chi connectivity index (χ0) is 17.1. The Morgan fingerprint density at radius 3 is 2.54 bits per heavy atom. The van der Waals surface area contributed by atoms with Crippen LogP contribution in [0.5, 0.6) is 11.5 Å². The number of methoxy groups -OCH3 is 2. The van der Waals surface area contributed by atoms with Crippen LogP contribution in [0.25, 0.3) is 11.0 Å². The van der Waals surface area contributed by atoms with E-state index in [9.17, 15) is 4.79 Å². The standard InChI is InChI=1S/C18H19N3O3/c1-11-20-13-8-7-12(9-14(13)21-11)10-19-18(22)17-15(23-2)5-4-6-16(17)24-3/h4-9H,10H2,1-3H3,(H,19,22)(H,20,21). The fourth-order valence-electron chi connectivity index (χ4n) is 2.64. The van der Waals surface area contributed by atoms with Gasteiger partial charge in [0.15, 0.2) is 0 Å². The number of aromatic amines is 1. The Labute approximate surface area is 139 Å². The zero-order valence-electron chi connectivity index (χ0n) is 13.8. The summed E-state index contributed by atoms with van der Waals surface area (Å²) in [6, 6.07) is 11.1. The van der Waals surface area contributed by atoms with Crippen LogP contribution in [-0.4, -0.2) is 30.1 Å². The summed E-state index contributed by atoms with van der Waals surface area (Å²) in [5, 5.41) is 2.90. The lowest BCUT2D eigenvalue weighted by atomic mass is 10.1. The van der Waals surface area contributed by atoms with E-state index in [1.165, 1.54) is 14.2 Å². The van der Waals surface area contributed by atoms with Gasteiger partial charge in [0.05, 0.1) is 25.3 Å². The summed E-state index contributed by atoms with van der Waals surface area (Å²) in [5.74, 6) is 1.58. The summed E-state index contributed by atoms with van der Waals surface area (Å²) in [5.41, 5.74) is 3.23. The fourth-order valence-corrected chi connectivity index (χ4v) is 2.64. The van der Waals surface area contributed by atoms with E-state index >= 15 is 0 Å². The molecule has 2 aromatic carbocycles. The lowest BCUT2D eigenvalue weighted by Gasteiger charge is -2.13. The molecule has 124 valence electrons. The average molecular weight is 325 g/mol. The van der Waals surface area contributed by atoms with Crippen molar-refractivity contribution >= 4 is 16.9 Å². The third kappa shape index (κ3) is 3.03. The van der Waals surface area contributed by atoms with Crippen molar-refractivity contribution in [3.8, 4) is 11.5 Å². The Morgan fingerprint density at radius 1 is 1.17 bits per heavy atom. The molecule has 1 amide bonds. The number of rotatable bonds is 5. The van der Waals surface area contributed by atoms with Crippen LogP contribution in [0.1, 0.15) is 21.7 Å². The number of ether oxygens (including phenoxy) is 2. The fraction of sp³-hybridized carbons (Fsp3) is 0.222. The summed E-state index contributed by atoms with van der Waals surface area (Å²) >= 11 is 0. The van der Waals surface area contributed by atoms with Gasteiger partial charge >= 0.3 is 0 Å². The summed E-state index contributed by atoms with van der Waals surface area (Å²) < 4.78 is 10.5. The van der Waals surface area contributed by atoms with Crippen molar-refractivity contribution in [1.82, 2.24) is 15.3 Å². The highest BCUT2D eigenvalue weighted by molar-refractivity contribution is 5.99. The monoisotopic (exact) mass is 325 g/mol. The maximum absolute atomic E-state index is 12.6. The minimum Gasteiger partial charge on any atom is -0.496 e. The van der Waals surface area contributed by atoms with Crippen molar-refractivity contribution in [3.63, 3.8) is 0 Å². The third-order valence-electron chi connectivity index (χ3n) is 3.77. The predicted molar refractivity (Wildman–Crippen MR) is 91.5 cm³/mol. The van der Waals surface area contributed by atoms with Crippen molar-refractivity contribution in [2.45, 2.75) is 13.5 Å². The minimum absolute atomic E-state index is 0.245. The van der Waals surface area contributed by atoms with Gasteiger partial charge in [0.2, 0.25) is 0 Å². The van der Waals surface area contributed by atoms with E-state index in [-0.39, 0.29) is 5.91 Å². The number of carbonyl (C=O) groups excluding carboxylic acids is 1. The Bertz CT molecular complexity index is 864. The van der Waals surface area contributed by atoms with Crippen LogP contribution in [0.4, 0.5) is 0 Å². The van der Waals surface area contributed by atoms with Crippen LogP contribution >= 0.6 is 0 Å². The first kappa shape index (κ1) is 15.9. The van der Waals surface area contributed by atoms with Crippen LogP contribution in [0.2, 0.25) is 0 Å². The highest BCUT2D eigenvalue weighted by atomic mass is 16.5. The molecule has 0 aliphatic carbocycles. The molecule has 0 bridgehead atoms. The molecule has 6 heteroatoms. The number of carbonyl (C=O) groups is 1. The van der Waals surface area contributed by atoms with Gasteiger partial charge in [-0.2, -0.15) is 0 Å². The Morgan fingerprint density at radius 2 is 1.88 bits per heavy atom. The second-order valence-electron chi connectivity index (χ2n) is 5.39. The number of H-pyrrole nitrogens is 1. The van der Waals surface area contributed by atoms with Gasteiger partial charge in [-0.15, -0.1) is 0 Å².